The van der Waals surface area contributed by atoms with Gasteiger partial charge in [0.1, 0.15) is 11.5 Å². The van der Waals surface area contributed by atoms with Gasteiger partial charge in [-0.3, -0.25) is 0 Å². The summed E-state index contributed by atoms with van der Waals surface area (Å²) >= 11 is 0. The summed E-state index contributed by atoms with van der Waals surface area (Å²) in [4.78, 5) is 0. The molecule has 0 aliphatic heterocycles. The zero-order valence-corrected chi connectivity index (χ0v) is 9.94. The summed E-state index contributed by atoms with van der Waals surface area (Å²) in [5, 5.41) is 22.0. The van der Waals surface area contributed by atoms with Crippen LogP contribution in [0.4, 0.5) is 22.7 Å². The van der Waals surface area contributed by atoms with Gasteiger partial charge in [-0.2, -0.15) is 0 Å². The lowest BCUT2D eigenvalue weighted by Crippen LogP contribution is -1.99. The molecule has 2 aromatic rings. The predicted octanol–water partition coefficient (Wildman–Crippen LogP) is 2.31. The number of nitrogens with two attached hydrogens (primary N) is 2. The third kappa shape index (κ3) is 2.24. The number of phenolic OH excluding ortho intramolecular Hbond substituents is 2. The molecule has 2 aromatic carbocycles. The molecule has 5 nitrogen and oxygen atoms in total. The van der Waals surface area contributed by atoms with E-state index in [2.05, 4.69) is 5.32 Å². The standard InChI is InChI=1S/C13H15N3O2/c1-7-4-10(15)12(6-13(7)18)16-11-5-8(17)2-3-9(11)14/h2-6,16-18H,14-15H2,1H3. The molecule has 0 aromatic heterocycles. The summed E-state index contributed by atoms with van der Waals surface area (Å²) in [5.41, 5.74) is 14.4. The van der Waals surface area contributed by atoms with Gasteiger partial charge in [-0.25, -0.2) is 0 Å². The Morgan fingerprint density at radius 3 is 2.33 bits per heavy atom. The van der Waals surface area contributed by atoms with Gasteiger partial charge >= 0.3 is 0 Å². The monoisotopic (exact) mass is 245 g/mol. The fraction of sp³-hybridized carbons (Fsp3) is 0.0769. The van der Waals surface area contributed by atoms with Crippen LogP contribution in [0.15, 0.2) is 30.3 Å². The molecule has 0 aliphatic carbocycles. The van der Waals surface area contributed by atoms with Crippen molar-refractivity contribution < 1.29 is 10.2 Å². The van der Waals surface area contributed by atoms with Gasteiger partial charge in [0.05, 0.1) is 22.7 Å². The van der Waals surface area contributed by atoms with Gasteiger partial charge in [-0.05, 0) is 30.7 Å². The highest BCUT2D eigenvalue weighted by atomic mass is 16.3. The van der Waals surface area contributed by atoms with Gasteiger partial charge < -0.3 is 27.0 Å². The molecule has 18 heavy (non-hydrogen) atoms. The molecule has 7 N–H and O–H groups in total. The second-order valence-electron chi connectivity index (χ2n) is 4.12. The van der Waals surface area contributed by atoms with E-state index in [0.717, 1.165) is 0 Å². The summed E-state index contributed by atoms with van der Waals surface area (Å²) in [6.07, 6.45) is 0. The Bertz CT molecular complexity index is 597. The van der Waals surface area contributed by atoms with Crippen LogP contribution in [0.2, 0.25) is 0 Å². The van der Waals surface area contributed by atoms with Crippen LogP contribution in [-0.2, 0) is 0 Å². The van der Waals surface area contributed by atoms with Crippen molar-refractivity contribution in [1.29, 1.82) is 0 Å². The van der Waals surface area contributed by atoms with Crippen molar-refractivity contribution in [3.8, 4) is 11.5 Å². The molecule has 0 heterocycles. The lowest BCUT2D eigenvalue weighted by atomic mass is 10.1. The minimum atomic E-state index is 0.0987. The van der Waals surface area contributed by atoms with E-state index in [1.165, 1.54) is 18.2 Å². The minimum absolute atomic E-state index is 0.0987. The number of aryl methyl sites for hydroxylation is 1. The maximum Gasteiger partial charge on any atom is 0.120 e. The van der Waals surface area contributed by atoms with Crippen LogP contribution in [0.25, 0.3) is 0 Å². The maximum atomic E-state index is 9.65. The Morgan fingerprint density at radius 2 is 1.61 bits per heavy atom. The molecule has 2 rings (SSSR count). The zero-order chi connectivity index (χ0) is 13.3. The number of hydrogen-bond donors (Lipinski definition) is 5. The molecule has 94 valence electrons. The van der Waals surface area contributed by atoms with E-state index < -0.39 is 0 Å². The molecular weight excluding hydrogens is 230 g/mol. The van der Waals surface area contributed by atoms with Gasteiger partial charge in [-0.15, -0.1) is 0 Å². The smallest absolute Gasteiger partial charge is 0.120 e. The van der Waals surface area contributed by atoms with Crippen LogP contribution in [0.5, 0.6) is 11.5 Å². The quantitative estimate of drug-likeness (QED) is 0.412. The van der Waals surface area contributed by atoms with Crippen LogP contribution in [-0.4, -0.2) is 10.2 Å². The first-order chi connectivity index (χ1) is 8.47. The third-order valence-corrected chi connectivity index (χ3v) is 2.67. The first-order valence-electron chi connectivity index (χ1n) is 5.42. The number of nitrogen functional groups attached to an aromatic ring is 2. The van der Waals surface area contributed by atoms with E-state index in [1.54, 1.807) is 19.1 Å². The van der Waals surface area contributed by atoms with E-state index in [9.17, 15) is 10.2 Å². The molecule has 0 amide bonds. The van der Waals surface area contributed by atoms with E-state index in [0.29, 0.717) is 28.3 Å². The van der Waals surface area contributed by atoms with Crippen LogP contribution < -0.4 is 16.8 Å². The highest BCUT2D eigenvalue weighted by Gasteiger charge is 2.07. The first-order valence-corrected chi connectivity index (χ1v) is 5.42. The summed E-state index contributed by atoms with van der Waals surface area (Å²) in [6, 6.07) is 7.76. The van der Waals surface area contributed by atoms with E-state index in [4.69, 9.17) is 11.5 Å². The lowest BCUT2D eigenvalue weighted by Gasteiger charge is -2.13. The second kappa shape index (κ2) is 4.37. The zero-order valence-electron chi connectivity index (χ0n) is 9.94. The Hall–Kier alpha value is -2.56. The second-order valence-corrected chi connectivity index (χ2v) is 4.12. The third-order valence-electron chi connectivity index (χ3n) is 2.67. The number of phenols is 2. The highest BCUT2D eigenvalue weighted by Crippen LogP contribution is 2.33. The highest BCUT2D eigenvalue weighted by molar-refractivity contribution is 5.80. The average molecular weight is 245 g/mol. The van der Waals surface area contributed by atoms with Crippen LogP contribution in [0.1, 0.15) is 5.56 Å². The number of nitrogens with one attached hydrogen (secondary N) is 1. The molecule has 0 aliphatic rings. The van der Waals surface area contributed by atoms with Crippen molar-refractivity contribution in [1.82, 2.24) is 0 Å². The Labute approximate surface area is 105 Å². The summed E-state index contributed by atoms with van der Waals surface area (Å²) < 4.78 is 0. The fourth-order valence-electron chi connectivity index (χ4n) is 1.62. The van der Waals surface area contributed by atoms with Crippen molar-refractivity contribution in [2.24, 2.45) is 0 Å². The fourth-order valence-corrected chi connectivity index (χ4v) is 1.62. The van der Waals surface area contributed by atoms with E-state index in [-0.39, 0.29) is 11.5 Å². The normalized spacial score (nSPS) is 10.3. The van der Waals surface area contributed by atoms with Crippen molar-refractivity contribution in [2.75, 3.05) is 16.8 Å². The van der Waals surface area contributed by atoms with Gasteiger partial charge in [0.2, 0.25) is 0 Å². The number of rotatable bonds is 2. The molecule has 0 saturated carbocycles. The molecule has 0 fully saturated rings. The number of hydrogen-bond acceptors (Lipinski definition) is 5. The Morgan fingerprint density at radius 1 is 0.944 bits per heavy atom. The average Bonchev–Trinajstić information content (AvgIpc) is 2.30. The SMILES string of the molecule is Cc1cc(N)c(Nc2cc(O)ccc2N)cc1O. The minimum Gasteiger partial charge on any atom is -0.508 e. The van der Waals surface area contributed by atoms with Crippen molar-refractivity contribution in [3.63, 3.8) is 0 Å². The topological polar surface area (TPSA) is 105 Å². The maximum absolute atomic E-state index is 9.65. The van der Waals surface area contributed by atoms with Gasteiger partial charge in [0.15, 0.2) is 0 Å². The summed E-state index contributed by atoms with van der Waals surface area (Å²) in [6.45, 7) is 1.76. The lowest BCUT2D eigenvalue weighted by molar-refractivity contribution is 0.471. The molecule has 5 heteroatoms. The number of anilines is 4. The van der Waals surface area contributed by atoms with Crippen molar-refractivity contribution >= 4 is 22.7 Å². The van der Waals surface area contributed by atoms with Crippen LogP contribution >= 0.6 is 0 Å². The van der Waals surface area contributed by atoms with Gasteiger partial charge in [0.25, 0.3) is 0 Å². The van der Waals surface area contributed by atoms with Crippen molar-refractivity contribution in [2.45, 2.75) is 6.92 Å². The molecular formula is C13H15N3O2. The molecule has 0 bridgehead atoms. The molecule has 0 atom stereocenters. The number of aromatic hydroxyl groups is 2. The predicted molar refractivity (Wildman–Crippen MR) is 73.1 cm³/mol. The summed E-state index contributed by atoms with van der Waals surface area (Å²) in [5.74, 6) is 0.243. The van der Waals surface area contributed by atoms with E-state index in [1.807, 2.05) is 0 Å². The van der Waals surface area contributed by atoms with E-state index >= 15 is 0 Å². The van der Waals surface area contributed by atoms with Crippen molar-refractivity contribution in [3.05, 3.63) is 35.9 Å². The Kier molecular flexibility index (Phi) is 2.89. The summed E-state index contributed by atoms with van der Waals surface area (Å²) in [7, 11) is 0. The number of benzene rings is 2. The van der Waals surface area contributed by atoms with Crippen LogP contribution in [0, 0.1) is 6.92 Å². The largest absolute Gasteiger partial charge is 0.508 e. The van der Waals surface area contributed by atoms with Crippen LogP contribution in [0.3, 0.4) is 0 Å². The molecule has 0 unspecified atom stereocenters. The van der Waals surface area contributed by atoms with Gasteiger partial charge in [0, 0.05) is 12.1 Å². The Balaban J connectivity index is 2.40. The molecule has 0 spiro atoms. The molecule has 0 saturated heterocycles. The van der Waals surface area contributed by atoms with Gasteiger partial charge in [-0.1, -0.05) is 0 Å². The molecule has 0 radical (unpaired) electrons. The first kappa shape index (κ1) is 11.9.